The fraction of sp³-hybridized carbons (Fsp3) is 0.500. The van der Waals surface area contributed by atoms with E-state index in [1.54, 1.807) is 11.0 Å². The van der Waals surface area contributed by atoms with Gasteiger partial charge in [-0.25, -0.2) is 4.79 Å². The molecule has 2 heterocycles. The van der Waals surface area contributed by atoms with Crippen molar-refractivity contribution >= 4 is 11.9 Å². The number of hydrogen-bond donors (Lipinski definition) is 0. The van der Waals surface area contributed by atoms with Crippen LogP contribution in [0.3, 0.4) is 0 Å². The summed E-state index contributed by atoms with van der Waals surface area (Å²) in [6, 6.07) is 0.0779. The lowest BCUT2D eigenvalue weighted by atomic mass is 9.77. The van der Waals surface area contributed by atoms with E-state index < -0.39 is 0 Å². The van der Waals surface area contributed by atoms with Gasteiger partial charge in [-0.3, -0.25) is 9.69 Å². The van der Waals surface area contributed by atoms with Crippen molar-refractivity contribution in [3.63, 3.8) is 0 Å². The van der Waals surface area contributed by atoms with Gasteiger partial charge >= 0.3 is 5.97 Å². The third-order valence-corrected chi connectivity index (χ3v) is 4.48. The molecule has 2 fully saturated rings. The number of ether oxygens (including phenoxy) is 1. The van der Waals surface area contributed by atoms with Crippen molar-refractivity contribution in [1.29, 1.82) is 0 Å². The van der Waals surface area contributed by atoms with Crippen molar-refractivity contribution in [1.82, 2.24) is 4.90 Å². The molecule has 1 saturated carbocycles. The van der Waals surface area contributed by atoms with Crippen LogP contribution in [0.25, 0.3) is 0 Å². The van der Waals surface area contributed by atoms with Crippen molar-refractivity contribution in [3.8, 4) is 0 Å². The first-order valence-electron chi connectivity index (χ1n) is 7.21. The third kappa shape index (κ3) is 1.67. The summed E-state index contributed by atoms with van der Waals surface area (Å²) in [6.07, 6.45) is 7.64. The summed E-state index contributed by atoms with van der Waals surface area (Å²) < 4.78 is 5.17. The molecule has 1 amide bonds. The minimum atomic E-state index is -0.377. The van der Waals surface area contributed by atoms with E-state index in [9.17, 15) is 9.59 Å². The first-order chi connectivity index (χ1) is 9.70. The van der Waals surface area contributed by atoms with E-state index in [2.05, 4.69) is 6.58 Å². The first kappa shape index (κ1) is 13.2. The van der Waals surface area contributed by atoms with Gasteiger partial charge in [0.25, 0.3) is 5.91 Å². The van der Waals surface area contributed by atoms with Gasteiger partial charge in [-0.1, -0.05) is 25.2 Å². The summed E-state index contributed by atoms with van der Waals surface area (Å²) in [4.78, 5) is 26.1. The Morgan fingerprint density at radius 2 is 2.30 bits per heavy atom. The predicted molar refractivity (Wildman–Crippen MR) is 74.5 cm³/mol. The molecular weight excluding hydrogens is 254 g/mol. The maximum atomic E-state index is 12.2. The average Bonchev–Trinajstić information content (AvgIpc) is 2.77. The van der Waals surface area contributed by atoms with Gasteiger partial charge in [-0.05, 0) is 31.8 Å². The molecule has 20 heavy (non-hydrogen) atoms. The Balaban J connectivity index is 1.95. The highest BCUT2D eigenvalue weighted by Crippen LogP contribution is 2.51. The number of β-lactam (4-membered cyclic amide) rings is 1. The van der Waals surface area contributed by atoms with Crippen LogP contribution in [-0.2, 0) is 14.3 Å². The molecule has 4 nitrogen and oxygen atoms in total. The van der Waals surface area contributed by atoms with Crippen LogP contribution < -0.4 is 0 Å². The molecule has 106 valence electrons. The molecule has 0 aromatic rings. The molecule has 0 radical (unpaired) electrons. The number of amides is 1. The van der Waals surface area contributed by atoms with Crippen molar-refractivity contribution in [2.24, 2.45) is 5.92 Å². The fourth-order valence-corrected chi connectivity index (χ4v) is 3.67. The number of nitrogens with zero attached hydrogens (tertiary/aromatic N) is 1. The van der Waals surface area contributed by atoms with E-state index in [1.165, 1.54) is 6.42 Å². The summed E-state index contributed by atoms with van der Waals surface area (Å²) in [6.45, 7) is 5.62. The standard InChI is InChI=1S/C16H19NO3/c1-3-9-20-16(19)14-12-8-6-5-7-11(12)13-10(4-2)15(18)17(13)14/h3-4,11,13H,1,5-9H2,2H3/b10-4-/t11-,13-/m0/s1. The van der Waals surface area contributed by atoms with E-state index in [4.69, 9.17) is 4.74 Å². The minimum absolute atomic E-state index is 0.0371. The Morgan fingerprint density at radius 1 is 1.50 bits per heavy atom. The molecule has 4 heteroatoms. The van der Waals surface area contributed by atoms with Gasteiger partial charge in [0.2, 0.25) is 0 Å². The Bertz CT molecular complexity index is 544. The lowest BCUT2D eigenvalue weighted by Gasteiger charge is -2.41. The SMILES string of the molecule is C=CCOC(=O)C1=C2CCCC[C@@H]2[C@@H]2/C(=C/C)C(=O)N12. The van der Waals surface area contributed by atoms with Gasteiger partial charge in [0.15, 0.2) is 0 Å². The minimum Gasteiger partial charge on any atom is -0.457 e. The molecule has 2 aliphatic heterocycles. The van der Waals surface area contributed by atoms with E-state index in [0.717, 1.165) is 30.4 Å². The largest absolute Gasteiger partial charge is 0.457 e. The van der Waals surface area contributed by atoms with Crippen LogP contribution in [0, 0.1) is 5.92 Å². The highest BCUT2D eigenvalue weighted by Gasteiger charge is 2.56. The second-order valence-electron chi connectivity index (χ2n) is 5.48. The van der Waals surface area contributed by atoms with Crippen molar-refractivity contribution in [2.75, 3.05) is 6.61 Å². The van der Waals surface area contributed by atoms with Gasteiger partial charge in [0.1, 0.15) is 12.3 Å². The second-order valence-corrected chi connectivity index (χ2v) is 5.48. The molecule has 0 unspecified atom stereocenters. The highest BCUT2D eigenvalue weighted by atomic mass is 16.5. The highest BCUT2D eigenvalue weighted by molar-refractivity contribution is 6.09. The van der Waals surface area contributed by atoms with Crippen LogP contribution in [0.15, 0.2) is 35.6 Å². The molecule has 3 rings (SSSR count). The summed E-state index contributed by atoms with van der Waals surface area (Å²) in [5, 5.41) is 0. The summed E-state index contributed by atoms with van der Waals surface area (Å²) in [5.41, 5.74) is 2.48. The Hall–Kier alpha value is -1.84. The second kappa shape index (κ2) is 4.93. The van der Waals surface area contributed by atoms with Crippen molar-refractivity contribution in [2.45, 2.75) is 38.6 Å². The lowest BCUT2D eigenvalue weighted by Crippen LogP contribution is -2.55. The van der Waals surface area contributed by atoms with E-state index in [0.29, 0.717) is 11.6 Å². The molecular formula is C16H19NO3. The maximum absolute atomic E-state index is 12.2. The quantitative estimate of drug-likeness (QED) is 0.343. The smallest absolute Gasteiger partial charge is 0.355 e. The predicted octanol–water partition coefficient (Wildman–Crippen LogP) is 2.33. The number of esters is 1. The molecule has 1 saturated heterocycles. The maximum Gasteiger partial charge on any atom is 0.355 e. The molecule has 0 aromatic heterocycles. The van der Waals surface area contributed by atoms with Gasteiger partial charge in [-0.2, -0.15) is 0 Å². The fourth-order valence-electron chi connectivity index (χ4n) is 3.67. The zero-order chi connectivity index (χ0) is 14.3. The third-order valence-electron chi connectivity index (χ3n) is 4.48. The van der Waals surface area contributed by atoms with Crippen LogP contribution in [0.1, 0.15) is 32.6 Å². The van der Waals surface area contributed by atoms with Crippen LogP contribution in [0.4, 0.5) is 0 Å². The summed E-state index contributed by atoms with van der Waals surface area (Å²) in [5.74, 6) is -0.0957. The Morgan fingerprint density at radius 3 is 3.00 bits per heavy atom. The number of hydrogen-bond acceptors (Lipinski definition) is 3. The molecule has 0 bridgehead atoms. The topological polar surface area (TPSA) is 46.6 Å². The number of carbonyl (C=O) groups excluding carboxylic acids is 2. The summed E-state index contributed by atoms with van der Waals surface area (Å²) >= 11 is 0. The zero-order valence-electron chi connectivity index (χ0n) is 11.7. The van der Waals surface area contributed by atoms with Crippen molar-refractivity contribution < 1.29 is 14.3 Å². The molecule has 2 atom stereocenters. The Kier molecular flexibility index (Phi) is 3.24. The average molecular weight is 273 g/mol. The van der Waals surface area contributed by atoms with Gasteiger partial charge in [0.05, 0.1) is 6.04 Å². The lowest BCUT2D eigenvalue weighted by molar-refractivity contribution is -0.145. The number of fused-ring (bicyclic) bond motifs is 3. The van der Waals surface area contributed by atoms with Gasteiger partial charge < -0.3 is 4.74 Å². The van der Waals surface area contributed by atoms with E-state index in [-0.39, 0.29) is 24.5 Å². The molecule has 3 aliphatic rings. The normalized spacial score (nSPS) is 29.9. The van der Waals surface area contributed by atoms with E-state index in [1.807, 2.05) is 13.0 Å². The molecule has 0 N–H and O–H groups in total. The van der Waals surface area contributed by atoms with Crippen molar-refractivity contribution in [3.05, 3.63) is 35.6 Å². The molecule has 0 spiro atoms. The zero-order valence-corrected chi connectivity index (χ0v) is 11.7. The first-order valence-corrected chi connectivity index (χ1v) is 7.21. The summed E-state index contributed by atoms with van der Waals surface area (Å²) in [7, 11) is 0. The van der Waals surface area contributed by atoms with Crippen LogP contribution >= 0.6 is 0 Å². The number of allylic oxidation sites excluding steroid dienone is 1. The van der Waals surface area contributed by atoms with Crippen LogP contribution in [0.5, 0.6) is 0 Å². The van der Waals surface area contributed by atoms with E-state index >= 15 is 0 Å². The van der Waals surface area contributed by atoms with Gasteiger partial charge in [-0.15, -0.1) is 0 Å². The molecule has 0 aromatic carbocycles. The monoisotopic (exact) mass is 273 g/mol. The molecule has 1 aliphatic carbocycles. The van der Waals surface area contributed by atoms with Gasteiger partial charge in [0, 0.05) is 11.5 Å². The van der Waals surface area contributed by atoms with Crippen LogP contribution in [-0.4, -0.2) is 29.4 Å². The van der Waals surface area contributed by atoms with Crippen LogP contribution in [0.2, 0.25) is 0 Å². The Labute approximate surface area is 118 Å². The number of rotatable bonds is 3. The number of carbonyl (C=O) groups is 2.